The number of hydrogen-bond acceptors (Lipinski definition) is 6. The van der Waals surface area contributed by atoms with Crippen molar-refractivity contribution in [1.29, 1.82) is 0 Å². The van der Waals surface area contributed by atoms with Gasteiger partial charge in [-0.15, -0.1) is 0 Å². The van der Waals surface area contributed by atoms with E-state index in [9.17, 15) is 19.8 Å². The number of aromatic carboxylic acids is 1. The number of phenolic OH excluding ortho intramolecular Hbond substituents is 1. The Morgan fingerprint density at radius 1 is 1.28 bits per heavy atom. The lowest BCUT2D eigenvalue weighted by atomic mass is 10.2. The number of carboxylic acid groups (broad SMARTS) is 1. The van der Waals surface area contributed by atoms with Crippen molar-refractivity contribution in [2.45, 2.75) is 13.3 Å². The van der Waals surface area contributed by atoms with Crippen LogP contribution >= 0.6 is 11.8 Å². The number of amides is 1. The van der Waals surface area contributed by atoms with E-state index >= 15 is 0 Å². The topological polar surface area (TPSA) is 99.4 Å². The summed E-state index contributed by atoms with van der Waals surface area (Å²) in [7, 11) is 1.58. The number of carbonyl (C=O) groups excluding carboxylic acids is 1. The molecule has 2 N–H and O–H groups in total. The first kappa shape index (κ1) is 20.5. The first-order valence-electron chi connectivity index (χ1n) is 8.95. The summed E-state index contributed by atoms with van der Waals surface area (Å²) in [5.74, 6) is -0.932. The Balaban J connectivity index is 1.94. The Kier molecular flexibility index (Phi) is 6.23. The Bertz CT molecular complexity index is 1020. The summed E-state index contributed by atoms with van der Waals surface area (Å²) < 4.78 is 5.74. The monoisotopic (exact) mass is 412 g/mol. The zero-order chi connectivity index (χ0) is 21.0. The lowest BCUT2D eigenvalue weighted by molar-refractivity contribution is -0.121. The number of thioether (sulfide) groups is 1. The Hall–Kier alpha value is -3.26. The first-order chi connectivity index (χ1) is 13.9. The van der Waals surface area contributed by atoms with Gasteiger partial charge < -0.3 is 14.9 Å². The summed E-state index contributed by atoms with van der Waals surface area (Å²) in [4.78, 5) is 30.3. The predicted octanol–water partition coefficient (Wildman–Crippen LogP) is 4.11. The van der Waals surface area contributed by atoms with Crippen molar-refractivity contribution >= 4 is 40.6 Å². The van der Waals surface area contributed by atoms with E-state index in [1.165, 1.54) is 17.0 Å². The number of para-hydroxylation sites is 1. The fourth-order valence-electron chi connectivity index (χ4n) is 2.63. The number of hydrogen-bond donors (Lipinski definition) is 2. The predicted molar refractivity (Wildman–Crippen MR) is 113 cm³/mol. The molecule has 8 heteroatoms. The third kappa shape index (κ3) is 4.60. The van der Waals surface area contributed by atoms with Crippen LogP contribution in [0.3, 0.4) is 0 Å². The normalized spacial score (nSPS) is 16.6. The maximum atomic E-state index is 12.7. The number of amidine groups is 1. The second kappa shape index (κ2) is 8.83. The van der Waals surface area contributed by atoms with Crippen molar-refractivity contribution < 1.29 is 24.5 Å². The van der Waals surface area contributed by atoms with E-state index in [2.05, 4.69) is 4.99 Å². The van der Waals surface area contributed by atoms with Gasteiger partial charge >= 0.3 is 5.97 Å². The van der Waals surface area contributed by atoms with E-state index in [0.29, 0.717) is 22.4 Å². The van der Waals surface area contributed by atoms with E-state index in [4.69, 9.17) is 4.74 Å². The number of ether oxygens (including phenoxy) is 1. The van der Waals surface area contributed by atoms with Gasteiger partial charge in [-0.1, -0.05) is 25.1 Å². The van der Waals surface area contributed by atoms with Gasteiger partial charge in [0.2, 0.25) is 0 Å². The maximum Gasteiger partial charge on any atom is 0.338 e. The van der Waals surface area contributed by atoms with Gasteiger partial charge in [-0.2, -0.15) is 0 Å². The summed E-state index contributed by atoms with van der Waals surface area (Å²) in [6.45, 7) is 2.59. The van der Waals surface area contributed by atoms with Crippen LogP contribution in [0.15, 0.2) is 52.4 Å². The molecule has 1 aliphatic rings. The number of carboxylic acids is 1. The Morgan fingerprint density at radius 3 is 2.76 bits per heavy atom. The van der Waals surface area contributed by atoms with Crippen LogP contribution in [0.2, 0.25) is 0 Å². The molecule has 1 saturated heterocycles. The molecule has 3 rings (SSSR count). The van der Waals surface area contributed by atoms with E-state index in [1.54, 1.807) is 13.1 Å². The van der Waals surface area contributed by atoms with Gasteiger partial charge in [0.25, 0.3) is 5.91 Å². The summed E-state index contributed by atoms with van der Waals surface area (Å²) in [6, 6.07) is 11.3. The molecule has 29 heavy (non-hydrogen) atoms. The van der Waals surface area contributed by atoms with Crippen LogP contribution < -0.4 is 4.74 Å². The van der Waals surface area contributed by atoms with Crippen LogP contribution in [0.1, 0.15) is 29.3 Å². The lowest BCUT2D eigenvalue weighted by Gasteiger charge is -2.09. The quantitative estimate of drug-likeness (QED) is 0.693. The van der Waals surface area contributed by atoms with Crippen LogP contribution in [0.25, 0.3) is 6.08 Å². The highest BCUT2D eigenvalue weighted by atomic mass is 32.2. The molecule has 0 unspecified atom stereocenters. The Labute approximate surface area is 172 Å². The smallest absolute Gasteiger partial charge is 0.338 e. The van der Waals surface area contributed by atoms with Crippen LogP contribution in [0.4, 0.5) is 5.69 Å². The molecule has 2 aromatic rings. The highest BCUT2D eigenvalue weighted by Crippen LogP contribution is 2.35. The fraction of sp³-hybridized carbons (Fsp3) is 0.190. The molecule has 0 bridgehead atoms. The van der Waals surface area contributed by atoms with Gasteiger partial charge in [0.05, 0.1) is 22.8 Å². The Morgan fingerprint density at radius 2 is 2.03 bits per heavy atom. The van der Waals surface area contributed by atoms with Crippen molar-refractivity contribution in [2.24, 2.45) is 4.99 Å². The number of aliphatic imine (C=N–C) groups is 1. The van der Waals surface area contributed by atoms with E-state index in [0.717, 1.165) is 29.8 Å². The minimum absolute atomic E-state index is 0.144. The summed E-state index contributed by atoms with van der Waals surface area (Å²) in [5, 5.41) is 19.2. The molecule has 1 heterocycles. The molecule has 7 nitrogen and oxygen atoms in total. The SMILES string of the molecule is CCCOc1ccccc1/C=C1\SC(=Nc2ccc(O)cc2C(=O)O)N(C)C1=O. The first-order valence-corrected chi connectivity index (χ1v) is 9.76. The zero-order valence-corrected chi connectivity index (χ0v) is 16.8. The van der Waals surface area contributed by atoms with Gasteiger partial charge in [-0.05, 0) is 48.5 Å². The lowest BCUT2D eigenvalue weighted by Crippen LogP contribution is -2.23. The largest absolute Gasteiger partial charge is 0.508 e. The van der Waals surface area contributed by atoms with Crippen molar-refractivity contribution in [3.63, 3.8) is 0 Å². The molecule has 0 radical (unpaired) electrons. The second-order valence-electron chi connectivity index (χ2n) is 6.26. The number of rotatable bonds is 6. The van der Waals surface area contributed by atoms with Crippen LogP contribution in [-0.2, 0) is 4.79 Å². The van der Waals surface area contributed by atoms with Gasteiger partial charge in [-0.25, -0.2) is 9.79 Å². The molecule has 1 aliphatic heterocycles. The third-order valence-electron chi connectivity index (χ3n) is 4.10. The number of aromatic hydroxyl groups is 1. The molecule has 0 saturated carbocycles. The van der Waals surface area contributed by atoms with Crippen molar-refractivity contribution in [1.82, 2.24) is 4.90 Å². The van der Waals surface area contributed by atoms with Crippen molar-refractivity contribution in [2.75, 3.05) is 13.7 Å². The average Bonchev–Trinajstić information content (AvgIpc) is 2.96. The van der Waals surface area contributed by atoms with Crippen LogP contribution in [0.5, 0.6) is 11.5 Å². The van der Waals surface area contributed by atoms with Gasteiger partial charge in [0, 0.05) is 12.6 Å². The minimum atomic E-state index is -1.21. The highest BCUT2D eigenvalue weighted by molar-refractivity contribution is 8.18. The molecule has 0 aromatic heterocycles. The molecule has 150 valence electrons. The number of likely N-dealkylation sites (N-methyl/N-ethyl adjacent to an activating group) is 1. The van der Waals surface area contributed by atoms with E-state index in [1.807, 2.05) is 31.2 Å². The zero-order valence-electron chi connectivity index (χ0n) is 16.0. The van der Waals surface area contributed by atoms with Gasteiger partial charge in [-0.3, -0.25) is 9.69 Å². The summed E-state index contributed by atoms with van der Waals surface area (Å²) >= 11 is 1.15. The molecular weight excluding hydrogens is 392 g/mol. The van der Waals surface area contributed by atoms with Gasteiger partial charge in [0.15, 0.2) is 5.17 Å². The maximum absolute atomic E-state index is 12.7. The number of benzene rings is 2. The van der Waals surface area contributed by atoms with E-state index in [-0.39, 0.29) is 22.9 Å². The average molecular weight is 412 g/mol. The molecule has 1 fully saturated rings. The van der Waals surface area contributed by atoms with Crippen LogP contribution in [-0.4, -0.2) is 45.8 Å². The highest BCUT2D eigenvalue weighted by Gasteiger charge is 2.31. The fourth-order valence-corrected chi connectivity index (χ4v) is 3.60. The van der Waals surface area contributed by atoms with Crippen LogP contribution in [0, 0.1) is 0 Å². The van der Waals surface area contributed by atoms with Crippen molar-refractivity contribution in [3.05, 3.63) is 58.5 Å². The number of phenols is 1. The standard InChI is InChI=1S/C21H20N2O5S/c1-3-10-28-17-7-5-4-6-13(17)11-18-19(25)23(2)21(29-18)22-16-9-8-14(24)12-15(16)20(26)27/h4-9,11-12,24H,3,10H2,1-2H3,(H,26,27)/b18-11-,22-21?. The minimum Gasteiger partial charge on any atom is -0.508 e. The summed E-state index contributed by atoms with van der Waals surface area (Å²) in [6.07, 6.45) is 2.61. The van der Waals surface area contributed by atoms with Gasteiger partial charge in [0.1, 0.15) is 11.5 Å². The molecule has 2 aromatic carbocycles. The van der Waals surface area contributed by atoms with E-state index < -0.39 is 5.97 Å². The molecule has 0 atom stereocenters. The number of carbonyl (C=O) groups is 2. The molecular formula is C21H20N2O5S. The molecule has 0 aliphatic carbocycles. The summed E-state index contributed by atoms with van der Waals surface area (Å²) in [5.41, 5.74) is 0.794. The van der Waals surface area contributed by atoms with Crippen molar-refractivity contribution in [3.8, 4) is 11.5 Å². The second-order valence-corrected chi connectivity index (χ2v) is 7.27. The number of nitrogens with zero attached hydrogens (tertiary/aromatic N) is 2. The third-order valence-corrected chi connectivity index (χ3v) is 5.16. The molecule has 0 spiro atoms. The molecule has 1 amide bonds.